The number of fused-ring (bicyclic) bond motifs is 1. The minimum absolute atomic E-state index is 0.0296. The first kappa shape index (κ1) is 26.9. The molecule has 0 spiro atoms. The molecule has 2 aliphatic heterocycles. The van der Waals surface area contributed by atoms with Gasteiger partial charge in [0.1, 0.15) is 0 Å². The standard InChI is InChI=1S/C28H45N5O3S/c1-37(35,36)30-18-23-20-31(19-22-10-5-3-2-4-6-11-22)17-15-25(23)33-27-14-8-7-13-26(27)32(28(33)34)21-24-12-9-16-29-24/h7-8,13-14,22-25,29-30H,2-6,9-12,15-21H2,1H3/t23?,24-,25?/m0/s1. The first-order valence-electron chi connectivity index (χ1n) is 14.5. The predicted molar refractivity (Wildman–Crippen MR) is 149 cm³/mol. The number of nitrogens with one attached hydrogen (secondary N) is 2. The van der Waals surface area contributed by atoms with Gasteiger partial charge in [0.2, 0.25) is 10.0 Å². The summed E-state index contributed by atoms with van der Waals surface area (Å²) >= 11 is 0. The van der Waals surface area contributed by atoms with Gasteiger partial charge in [-0.2, -0.15) is 0 Å². The van der Waals surface area contributed by atoms with Crippen LogP contribution in [0.25, 0.3) is 11.0 Å². The zero-order valence-electron chi connectivity index (χ0n) is 22.4. The molecule has 0 bridgehead atoms. The van der Waals surface area contributed by atoms with Crippen molar-refractivity contribution in [1.29, 1.82) is 0 Å². The first-order valence-corrected chi connectivity index (χ1v) is 16.4. The number of hydrogen-bond acceptors (Lipinski definition) is 5. The lowest BCUT2D eigenvalue weighted by Gasteiger charge is -2.40. The largest absolute Gasteiger partial charge is 0.329 e. The second kappa shape index (κ2) is 12.0. The highest BCUT2D eigenvalue weighted by Gasteiger charge is 2.34. The number of sulfonamides is 1. The summed E-state index contributed by atoms with van der Waals surface area (Å²) in [6.45, 7) is 4.91. The molecule has 0 amide bonds. The van der Waals surface area contributed by atoms with Crippen LogP contribution in [0.1, 0.15) is 70.3 Å². The Morgan fingerprint density at radius 3 is 2.38 bits per heavy atom. The molecule has 3 fully saturated rings. The molecule has 1 aliphatic carbocycles. The van der Waals surface area contributed by atoms with Crippen molar-refractivity contribution in [2.75, 3.05) is 39.0 Å². The van der Waals surface area contributed by atoms with Gasteiger partial charge in [0.05, 0.1) is 17.3 Å². The molecule has 1 saturated carbocycles. The Bertz CT molecular complexity index is 1190. The lowest BCUT2D eigenvalue weighted by Crippen LogP contribution is -2.49. The summed E-state index contributed by atoms with van der Waals surface area (Å²) in [5.41, 5.74) is 1.99. The summed E-state index contributed by atoms with van der Waals surface area (Å²) in [4.78, 5) is 16.5. The first-order chi connectivity index (χ1) is 17.9. The summed E-state index contributed by atoms with van der Waals surface area (Å²) in [6.07, 6.45) is 13.6. The number of likely N-dealkylation sites (tertiary alicyclic amines) is 1. The lowest BCUT2D eigenvalue weighted by atomic mass is 9.88. The second-order valence-corrected chi connectivity index (χ2v) is 13.6. The number of imidazole rings is 1. The Balaban J connectivity index is 1.41. The predicted octanol–water partition coefficient (Wildman–Crippen LogP) is 3.33. The number of benzene rings is 1. The highest BCUT2D eigenvalue weighted by atomic mass is 32.2. The molecule has 2 saturated heterocycles. The maximum absolute atomic E-state index is 13.9. The van der Waals surface area contributed by atoms with E-state index in [0.29, 0.717) is 19.1 Å². The molecule has 206 valence electrons. The summed E-state index contributed by atoms with van der Waals surface area (Å²) in [5.74, 6) is 0.766. The number of rotatable bonds is 8. The molecule has 3 atom stereocenters. The molecule has 5 rings (SSSR count). The Hall–Kier alpha value is -1.68. The molecular weight excluding hydrogens is 486 g/mol. The number of para-hydroxylation sites is 2. The fourth-order valence-electron chi connectivity index (χ4n) is 7.01. The van der Waals surface area contributed by atoms with Gasteiger partial charge in [0.15, 0.2) is 0 Å². The normalized spacial score (nSPS) is 26.9. The highest BCUT2D eigenvalue weighted by molar-refractivity contribution is 7.88. The molecule has 1 aromatic heterocycles. The van der Waals surface area contributed by atoms with Crippen LogP contribution in [0.3, 0.4) is 0 Å². The quantitative estimate of drug-likeness (QED) is 0.546. The summed E-state index contributed by atoms with van der Waals surface area (Å²) in [6, 6.07) is 8.41. The summed E-state index contributed by atoms with van der Waals surface area (Å²) < 4.78 is 30.8. The highest BCUT2D eigenvalue weighted by Crippen LogP contribution is 2.32. The van der Waals surface area contributed by atoms with Gasteiger partial charge in [-0.25, -0.2) is 17.9 Å². The molecule has 2 aromatic rings. The van der Waals surface area contributed by atoms with Gasteiger partial charge in [-0.1, -0.05) is 44.2 Å². The molecule has 2 unspecified atom stereocenters. The monoisotopic (exact) mass is 531 g/mol. The van der Waals surface area contributed by atoms with Crippen LogP contribution >= 0.6 is 0 Å². The lowest BCUT2D eigenvalue weighted by molar-refractivity contribution is 0.103. The summed E-state index contributed by atoms with van der Waals surface area (Å²) in [7, 11) is -3.32. The maximum Gasteiger partial charge on any atom is 0.329 e. The third-order valence-electron chi connectivity index (χ3n) is 8.89. The van der Waals surface area contributed by atoms with Crippen LogP contribution in [0.15, 0.2) is 29.1 Å². The molecule has 3 aliphatic rings. The third kappa shape index (κ3) is 6.67. The molecule has 2 N–H and O–H groups in total. The number of piperidine rings is 1. The third-order valence-corrected chi connectivity index (χ3v) is 9.58. The van der Waals surface area contributed by atoms with Crippen LogP contribution in [0.4, 0.5) is 0 Å². The Morgan fingerprint density at radius 2 is 1.68 bits per heavy atom. The Morgan fingerprint density at radius 1 is 0.946 bits per heavy atom. The van der Waals surface area contributed by atoms with Crippen LogP contribution in [0, 0.1) is 11.8 Å². The second-order valence-electron chi connectivity index (χ2n) is 11.8. The Kier molecular flexibility index (Phi) is 8.74. The van der Waals surface area contributed by atoms with Crippen molar-refractivity contribution >= 4 is 21.1 Å². The summed E-state index contributed by atoms with van der Waals surface area (Å²) in [5, 5.41) is 3.53. The van der Waals surface area contributed by atoms with Gasteiger partial charge in [-0.15, -0.1) is 0 Å². The smallest absolute Gasteiger partial charge is 0.312 e. The van der Waals surface area contributed by atoms with Crippen molar-refractivity contribution < 1.29 is 8.42 Å². The van der Waals surface area contributed by atoms with E-state index in [9.17, 15) is 13.2 Å². The molecule has 37 heavy (non-hydrogen) atoms. The van der Waals surface area contributed by atoms with Crippen LogP contribution in [-0.4, -0.2) is 67.5 Å². The van der Waals surface area contributed by atoms with Crippen LogP contribution in [0.2, 0.25) is 0 Å². The average molecular weight is 532 g/mol. The molecule has 9 heteroatoms. The minimum atomic E-state index is -3.32. The van der Waals surface area contributed by atoms with Gasteiger partial charge in [0.25, 0.3) is 0 Å². The number of aromatic nitrogens is 2. The number of nitrogens with zero attached hydrogens (tertiary/aromatic N) is 3. The van der Waals surface area contributed by atoms with E-state index in [4.69, 9.17) is 0 Å². The van der Waals surface area contributed by atoms with E-state index in [1.54, 1.807) is 0 Å². The topological polar surface area (TPSA) is 88.4 Å². The van der Waals surface area contributed by atoms with Crippen molar-refractivity contribution in [2.45, 2.75) is 82.8 Å². The molecular formula is C28H45N5O3S. The van der Waals surface area contributed by atoms with Crippen molar-refractivity contribution in [3.8, 4) is 0 Å². The van der Waals surface area contributed by atoms with E-state index >= 15 is 0 Å². The Labute approximate surface area is 221 Å². The molecule has 1 aromatic carbocycles. The average Bonchev–Trinajstić information content (AvgIpc) is 3.46. The van der Waals surface area contributed by atoms with Crippen LogP contribution in [0.5, 0.6) is 0 Å². The van der Waals surface area contributed by atoms with Crippen LogP contribution < -0.4 is 15.7 Å². The maximum atomic E-state index is 13.9. The molecule has 8 nitrogen and oxygen atoms in total. The van der Waals surface area contributed by atoms with Gasteiger partial charge in [-0.3, -0.25) is 9.13 Å². The van der Waals surface area contributed by atoms with Gasteiger partial charge in [0, 0.05) is 50.7 Å². The molecule has 0 radical (unpaired) electrons. The van der Waals surface area contributed by atoms with Gasteiger partial charge >= 0.3 is 5.69 Å². The van der Waals surface area contributed by atoms with Crippen LogP contribution in [-0.2, 0) is 16.6 Å². The SMILES string of the molecule is CS(=O)(=O)NCC1CN(CC2CCCCCCC2)CCC1n1c(=O)n(C[C@@H]2CCCN2)c2ccccc21. The van der Waals surface area contributed by atoms with E-state index in [2.05, 4.69) is 27.1 Å². The zero-order valence-corrected chi connectivity index (χ0v) is 23.2. The number of hydrogen-bond donors (Lipinski definition) is 2. The fourth-order valence-corrected chi connectivity index (χ4v) is 7.53. The van der Waals surface area contributed by atoms with Crippen molar-refractivity contribution in [1.82, 2.24) is 24.1 Å². The van der Waals surface area contributed by atoms with Crippen molar-refractivity contribution in [2.24, 2.45) is 11.8 Å². The minimum Gasteiger partial charge on any atom is -0.312 e. The van der Waals surface area contributed by atoms with Gasteiger partial charge in [-0.05, 0) is 56.7 Å². The van der Waals surface area contributed by atoms with Crippen molar-refractivity contribution in [3.05, 3.63) is 34.7 Å². The van der Waals surface area contributed by atoms with E-state index in [1.165, 1.54) is 51.2 Å². The molecule has 3 heterocycles. The van der Waals surface area contributed by atoms with E-state index in [1.807, 2.05) is 21.3 Å². The van der Waals surface area contributed by atoms with Gasteiger partial charge < -0.3 is 10.2 Å². The van der Waals surface area contributed by atoms with E-state index in [0.717, 1.165) is 62.4 Å². The fraction of sp³-hybridized carbons (Fsp3) is 0.750. The zero-order chi connectivity index (χ0) is 25.8. The van der Waals surface area contributed by atoms with E-state index < -0.39 is 10.0 Å². The van der Waals surface area contributed by atoms with E-state index in [-0.39, 0.29) is 17.6 Å². The van der Waals surface area contributed by atoms with Crippen molar-refractivity contribution in [3.63, 3.8) is 0 Å².